The number of carbonyl (C=O) groups excluding carboxylic acids is 1. The van der Waals surface area contributed by atoms with E-state index in [4.69, 9.17) is 0 Å². The van der Waals surface area contributed by atoms with Crippen molar-refractivity contribution in [1.29, 1.82) is 0 Å². The van der Waals surface area contributed by atoms with Crippen LogP contribution in [0.25, 0.3) is 0 Å². The van der Waals surface area contributed by atoms with Crippen molar-refractivity contribution in [1.82, 2.24) is 0 Å². The molecule has 0 aliphatic heterocycles. The van der Waals surface area contributed by atoms with E-state index in [1.807, 2.05) is 50.3 Å². The highest BCUT2D eigenvalue weighted by atomic mass is 16.1. The molecular weight excluding hydrogens is 160 g/mol. The number of hydrogen-bond acceptors (Lipinski definition) is 1. The third-order valence-electron chi connectivity index (χ3n) is 2.06. The lowest BCUT2D eigenvalue weighted by Gasteiger charge is -2.01. The number of allylic oxidation sites excluding steroid dienone is 2. The van der Waals surface area contributed by atoms with Crippen LogP contribution in [-0.4, -0.2) is 5.78 Å². The first-order valence-corrected chi connectivity index (χ1v) is 4.54. The molecule has 0 fully saturated rings. The van der Waals surface area contributed by atoms with Crippen LogP contribution < -0.4 is 0 Å². The first-order valence-electron chi connectivity index (χ1n) is 4.54. The van der Waals surface area contributed by atoms with Crippen molar-refractivity contribution >= 4 is 5.78 Å². The SMILES string of the molecule is C/C=C(\CC)C(=O)c1ccccc1. The molecule has 0 heterocycles. The highest BCUT2D eigenvalue weighted by molar-refractivity contribution is 6.08. The number of benzene rings is 1. The average Bonchev–Trinajstić information content (AvgIpc) is 2.21. The molecule has 1 nitrogen and oxygen atoms in total. The van der Waals surface area contributed by atoms with Gasteiger partial charge in [-0.2, -0.15) is 0 Å². The van der Waals surface area contributed by atoms with Gasteiger partial charge in [0, 0.05) is 5.56 Å². The lowest BCUT2D eigenvalue weighted by molar-refractivity contribution is 0.103. The Hall–Kier alpha value is -1.37. The number of carbonyl (C=O) groups is 1. The Bertz CT molecular complexity index is 309. The van der Waals surface area contributed by atoms with Gasteiger partial charge in [-0.15, -0.1) is 0 Å². The molecule has 1 aromatic rings. The lowest BCUT2D eigenvalue weighted by atomic mass is 10.0. The Balaban J connectivity index is 2.92. The van der Waals surface area contributed by atoms with Crippen molar-refractivity contribution in [3.63, 3.8) is 0 Å². The standard InChI is InChI=1S/C12H14O/c1-3-10(4-2)12(13)11-8-6-5-7-9-11/h3,5-9H,4H2,1-2H3/b10-3+. The smallest absolute Gasteiger partial charge is 0.188 e. The van der Waals surface area contributed by atoms with Gasteiger partial charge in [0.1, 0.15) is 0 Å². The highest BCUT2D eigenvalue weighted by Crippen LogP contribution is 2.10. The van der Waals surface area contributed by atoms with Gasteiger partial charge in [-0.3, -0.25) is 4.79 Å². The summed E-state index contributed by atoms with van der Waals surface area (Å²) in [5.74, 6) is 0.144. The van der Waals surface area contributed by atoms with Crippen LogP contribution in [-0.2, 0) is 0 Å². The monoisotopic (exact) mass is 174 g/mol. The van der Waals surface area contributed by atoms with Gasteiger partial charge in [0.2, 0.25) is 0 Å². The molecule has 0 spiro atoms. The largest absolute Gasteiger partial charge is 0.289 e. The second kappa shape index (κ2) is 4.61. The average molecular weight is 174 g/mol. The summed E-state index contributed by atoms with van der Waals surface area (Å²) in [6, 6.07) is 9.38. The van der Waals surface area contributed by atoms with Crippen LogP contribution in [0.1, 0.15) is 30.6 Å². The fourth-order valence-electron chi connectivity index (χ4n) is 1.27. The Labute approximate surface area is 79.1 Å². The molecule has 0 amide bonds. The molecule has 0 bridgehead atoms. The fraction of sp³-hybridized carbons (Fsp3) is 0.250. The molecule has 1 heteroatoms. The summed E-state index contributed by atoms with van der Waals surface area (Å²) in [6.45, 7) is 3.90. The Morgan fingerprint density at radius 3 is 2.38 bits per heavy atom. The molecular formula is C12H14O. The minimum Gasteiger partial charge on any atom is -0.289 e. The molecule has 0 radical (unpaired) electrons. The maximum Gasteiger partial charge on any atom is 0.188 e. The molecule has 0 aliphatic carbocycles. The molecule has 0 aromatic heterocycles. The van der Waals surface area contributed by atoms with Crippen molar-refractivity contribution in [2.45, 2.75) is 20.3 Å². The molecule has 0 unspecified atom stereocenters. The quantitative estimate of drug-likeness (QED) is 0.508. The van der Waals surface area contributed by atoms with Crippen LogP contribution in [0.5, 0.6) is 0 Å². The predicted octanol–water partition coefficient (Wildman–Crippen LogP) is 3.23. The number of rotatable bonds is 3. The predicted molar refractivity (Wildman–Crippen MR) is 54.8 cm³/mol. The van der Waals surface area contributed by atoms with E-state index in [1.54, 1.807) is 0 Å². The summed E-state index contributed by atoms with van der Waals surface area (Å²) in [7, 11) is 0. The molecule has 1 rings (SSSR count). The van der Waals surface area contributed by atoms with Gasteiger partial charge in [0.05, 0.1) is 0 Å². The lowest BCUT2D eigenvalue weighted by Crippen LogP contribution is -2.01. The van der Waals surface area contributed by atoms with Crippen LogP contribution >= 0.6 is 0 Å². The number of hydrogen-bond donors (Lipinski definition) is 0. The van der Waals surface area contributed by atoms with E-state index in [9.17, 15) is 4.79 Å². The highest BCUT2D eigenvalue weighted by Gasteiger charge is 2.07. The Morgan fingerprint density at radius 1 is 1.31 bits per heavy atom. The molecule has 0 atom stereocenters. The third-order valence-corrected chi connectivity index (χ3v) is 2.06. The van der Waals surface area contributed by atoms with E-state index in [1.165, 1.54) is 0 Å². The van der Waals surface area contributed by atoms with Gasteiger partial charge in [-0.05, 0) is 18.9 Å². The van der Waals surface area contributed by atoms with E-state index >= 15 is 0 Å². The zero-order valence-corrected chi connectivity index (χ0v) is 8.08. The van der Waals surface area contributed by atoms with Crippen molar-refractivity contribution in [2.75, 3.05) is 0 Å². The normalized spacial score (nSPS) is 11.4. The topological polar surface area (TPSA) is 17.1 Å². The van der Waals surface area contributed by atoms with Crippen LogP contribution in [0, 0.1) is 0 Å². The summed E-state index contributed by atoms with van der Waals surface area (Å²) in [6.07, 6.45) is 2.68. The van der Waals surface area contributed by atoms with Gasteiger partial charge < -0.3 is 0 Å². The molecule has 0 saturated heterocycles. The number of ketones is 1. The van der Waals surface area contributed by atoms with Crippen molar-refractivity contribution in [3.8, 4) is 0 Å². The molecule has 1 aromatic carbocycles. The minimum atomic E-state index is 0.144. The maximum atomic E-state index is 11.7. The van der Waals surface area contributed by atoms with Gasteiger partial charge in [0.15, 0.2) is 5.78 Å². The fourth-order valence-corrected chi connectivity index (χ4v) is 1.27. The summed E-state index contributed by atoms with van der Waals surface area (Å²) in [4.78, 5) is 11.7. The van der Waals surface area contributed by atoms with E-state index in [0.29, 0.717) is 0 Å². The Morgan fingerprint density at radius 2 is 1.92 bits per heavy atom. The van der Waals surface area contributed by atoms with Crippen molar-refractivity contribution in [2.24, 2.45) is 0 Å². The molecule has 0 N–H and O–H groups in total. The zero-order valence-electron chi connectivity index (χ0n) is 8.08. The van der Waals surface area contributed by atoms with E-state index in [-0.39, 0.29) is 5.78 Å². The van der Waals surface area contributed by atoms with Crippen LogP contribution in [0.15, 0.2) is 42.0 Å². The van der Waals surface area contributed by atoms with Gasteiger partial charge in [-0.1, -0.05) is 43.3 Å². The van der Waals surface area contributed by atoms with Crippen LogP contribution in [0.4, 0.5) is 0 Å². The molecule has 68 valence electrons. The second-order valence-electron chi connectivity index (χ2n) is 2.86. The van der Waals surface area contributed by atoms with Crippen molar-refractivity contribution < 1.29 is 4.79 Å². The first-order chi connectivity index (χ1) is 6.29. The van der Waals surface area contributed by atoms with Gasteiger partial charge in [0.25, 0.3) is 0 Å². The van der Waals surface area contributed by atoms with E-state index in [0.717, 1.165) is 17.6 Å². The summed E-state index contributed by atoms with van der Waals surface area (Å²) in [5, 5.41) is 0. The first kappa shape index (κ1) is 9.72. The van der Waals surface area contributed by atoms with Crippen LogP contribution in [0.2, 0.25) is 0 Å². The van der Waals surface area contributed by atoms with Gasteiger partial charge in [-0.25, -0.2) is 0 Å². The van der Waals surface area contributed by atoms with E-state index < -0.39 is 0 Å². The molecule has 13 heavy (non-hydrogen) atoms. The second-order valence-corrected chi connectivity index (χ2v) is 2.86. The Kier molecular flexibility index (Phi) is 3.44. The van der Waals surface area contributed by atoms with Crippen molar-refractivity contribution in [3.05, 3.63) is 47.5 Å². The number of Topliss-reactive ketones (excluding diaryl/α,β-unsaturated/α-hetero) is 1. The third kappa shape index (κ3) is 2.28. The summed E-state index contributed by atoms with van der Waals surface area (Å²) < 4.78 is 0. The van der Waals surface area contributed by atoms with Crippen LogP contribution in [0.3, 0.4) is 0 Å². The zero-order chi connectivity index (χ0) is 9.68. The summed E-state index contributed by atoms with van der Waals surface area (Å²) in [5.41, 5.74) is 1.66. The minimum absolute atomic E-state index is 0.144. The van der Waals surface area contributed by atoms with E-state index in [2.05, 4.69) is 0 Å². The summed E-state index contributed by atoms with van der Waals surface area (Å²) >= 11 is 0. The maximum absolute atomic E-state index is 11.7. The molecule has 0 saturated carbocycles. The molecule has 0 aliphatic rings. The van der Waals surface area contributed by atoms with Gasteiger partial charge >= 0.3 is 0 Å².